The van der Waals surface area contributed by atoms with Gasteiger partial charge in [0.1, 0.15) is 5.54 Å². The van der Waals surface area contributed by atoms with Gasteiger partial charge in [-0.15, -0.1) is 0 Å². The molecule has 7 nitrogen and oxygen atoms in total. The number of nitrogens with one attached hydrogen (secondary N) is 3. The molecule has 3 N–H and O–H groups in total. The highest BCUT2D eigenvalue weighted by molar-refractivity contribution is 6.08. The molecule has 0 saturated carbocycles. The number of hydrazine groups is 1. The third kappa shape index (κ3) is 3.87. The first kappa shape index (κ1) is 20.6. The number of rotatable bonds is 6. The van der Waals surface area contributed by atoms with Crippen molar-refractivity contribution in [2.24, 2.45) is 0 Å². The van der Waals surface area contributed by atoms with Gasteiger partial charge in [-0.3, -0.25) is 15.0 Å². The fourth-order valence-corrected chi connectivity index (χ4v) is 3.86. The Bertz CT molecular complexity index is 1140. The largest absolute Gasteiger partial charge is 0.344 e. The molecular weight excluding hydrogens is 392 g/mol. The molecule has 0 spiro atoms. The SMILES string of the molecule is C[C@@H](NCC(=O)NN1C(=O)N[C@@](C)(c2ccccc2)C1=O)c1cccc2ccccc12. The van der Waals surface area contributed by atoms with Gasteiger partial charge in [0, 0.05) is 6.04 Å². The van der Waals surface area contributed by atoms with Crippen LogP contribution in [0.2, 0.25) is 0 Å². The van der Waals surface area contributed by atoms with Gasteiger partial charge in [-0.1, -0.05) is 72.8 Å². The summed E-state index contributed by atoms with van der Waals surface area (Å²) in [6.45, 7) is 3.54. The topological polar surface area (TPSA) is 90.5 Å². The monoisotopic (exact) mass is 416 g/mol. The Morgan fingerprint density at radius 2 is 1.68 bits per heavy atom. The number of carbonyl (C=O) groups is 3. The molecule has 0 aromatic heterocycles. The minimum absolute atomic E-state index is 0.0521. The van der Waals surface area contributed by atoms with Crippen LogP contribution in [0, 0.1) is 0 Å². The lowest BCUT2D eigenvalue weighted by Gasteiger charge is -2.22. The Labute approximate surface area is 180 Å². The van der Waals surface area contributed by atoms with Crippen LogP contribution in [0.5, 0.6) is 0 Å². The first-order valence-corrected chi connectivity index (χ1v) is 10.1. The van der Waals surface area contributed by atoms with Crippen LogP contribution in [0.3, 0.4) is 0 Å². The number of fused-ring (bicyclic) bond motifs is 1. The lowest BCUT2D eigenvalue weighted by atomic mass is 9.92. The predicted octanol–water partition coefficient (Wildman–Crippen LogP) is 2.99. The van der Waals surface area contributed by atoms with Crippen LogP contribution >= 0.6 is 0 Å². The van der Waals surface area contributed by atoms with Crippen molar-refractivity contribution in [3.63, 3.8) is 0 Å². The quantitative estimate of drug-likeness (QED) is 0.539. The molecule has 7 heteroatoms. The highest BCUT2D eigenvalue weighted by Crippen LogP contribution is 2.27. The molecule has 0 unspecified atom stereocenters. The van der Waals surface area contributed by atoms with Crippen LogP contribution in [0.1, 0.15) is 31.0 Å². The molecule has 1 saturated heterocycles. The lowest BCUT2D eigenvalue weighted by molar-refractivity contribution is -0.138. The van der Waals surface area contributed by atoms with Gasteiger partial charge in [0.2, 0.25) is 0 Å². The van der Waals surface area contributed by atoms with Gasteiger partial charge in [0.05, 0.1) is 6.54 Å². The highest BCUT2D eigenvalue weighted by atomic mass is 16.2. The first-order chi connectivity index (χ1) is 14.9. The Morgan fingerprint density at radius 3 is 2.45 bits per heavy atom. The number of amides is 4. The van der Waals surface area contributed by atoms with Crippen molar-refractivity contribution in [3.8, 4) is 0 Å². The van der Waals surface area contributed by atoms with Crippen LogP contribution in [-0.4, -0.2) is 29.4 Å². The molecule has 4 amide bonds. The van der Waals surface area contributed by atoms with E-state index in [1.54, 1.807) is 31.2 Å². The number of imide groups is 1. The molecule has 1 aliphatic rings. The molecule has 0 radical (unpaired) electrons. The van der Waals surface area contributed by atoms with E-state index in [2.05, 4.69) is 16.1 Å². The zero-order valence-corrected chi connectivity index (χ0v) is 17.4. The number of benzene rings is 3. The van der Waals surface area contributed by atoms with Crippen molar-refractivity contribution in [1.82, 2.24) is 21.1 Å². The summed E-state index contributed by atoms with van der Waals surface area (Å²) < 4.78 is 0. The van der Waals surface area contributed by atoms with Crippen LogP contribution in [0.15, 0.2) is 72.8 Å². The van der Waals surface area contributed by atoms with Crippen molar-refractivity contribution in [2.45, 2.75) is 25.4 Å². The molecule has 158 valence electrons. The van der Waals surface area contributed by atoms with Crippen LogP contribution < -0.4 is 16.1 Å². The Hall–Kier alpha value is -3.71. The fourth-order valence-electron chi connectivity index (χ4n) is 3.86. The number of urea groups is 1. The van der Waals surface area contributed by atoms with Gasteiger partial charge in [0.25, 0.3) is 11.8 Å². The summed E-state index contributed by atoms with van der Waals surface area (Å²) in [5, 5.41) is 8.81. The average Bonchev–Trinajstić information content (AvgIpc) is 3.01. The molecule has 31 heavy (non-hydrogen) atoms. The molecule has 3 aromatic rings. The Balaban J connectivity index is 1.41. The van der Waals surface area contributed by atoms with Crippen molar-refractivity contribution >= 4 is 28.6 Å². The number of nitrogens with zero attached hydrogens (tertiary/aromatic N) is 1. The normalized spacial score (nSPS) is 19.4. The summed E-state index contributed by atoms with van der Waals surface area (Å²) in [5.74, 6) is -1.01. The van der Waals surface area contributed by atoms with E-state index in [0.29, 0.717) is 5.56 Å². The third-order valence-electron chi connectivity index (χ3n) is 5.64. The molecule has 1 fully saturated rings. The molecule has 1 heterocycles. The van der Waals surface area contributed by atoms with Gasteiger partial charge >= 0.3 is 6.03 Å². The van der Waals surface area contributed by atoms with E-state index in [-0.39, 0.29) is 12.6 Å². The standard InChI is InChI=1S/C24H24N4O3/c1-16(19-14-8-10-17-9-6-7-13-20(17)19)25-15-21(29)27-28-22(30)24(2,26-23(28)31)18-11-4-3-5-12-18/h3-14,16,25H,15H2,1-2H3,(H,26,31)(H,27,29)/t16-,24+/m1/s1. The van der Waals surface area contributed by atoms with Gasteiger partial charge in [-0.25, -0.2) is 4.79 Å². The van der Waals surface area contributed by atoms with Crippen LogP contribution in [0.25, 0.3) is 10.8 Å². The van der Waals surface area contributed by atoms with Crippen LogP contribution in [-0.2, 0) is 15.1 Å². The second-order valence-corrected chi connectivity index (χ2v) is 7.77. The van der Waals surface area contributed by atoms with Gasteiger partial charge in [-0.05, 0) is 35.7 Å². The summed E-state index contributed by atoms with van der Waals surface area (Å²) >= 11 is 0. The number of carbonyl (C=O) groups excluding carboxylic acids is 3. The van der Waals surface area contributed by atoms with E-state index in [9.17, 15) is 14.4 Å². The molecule has 0 aliphatic carbocycles. The summed E-state index contributed by atoms with van der Waals surface area (Å²) in [6, 6.07) is 22.3. The minimum atomic E-state index is -1.23. The first-order valence-electron chi connectivity index (χ1n) is 10.1. The smallest absolute Gasteiger partial charge is 0.318 e. The minimum Gasteiger partial charge on any atom is -0.318 e. The fraction of sp³-hybridized carbons (Fsp3) is 0.208. The second-order valence-electron chi connectivity index (χ2n) is 7.77. The van der Waals surface area contributed by atoms with E-state index in [1.807, 2.05) is 55.5 Å². The third-order valence-corrected chi connectivity index (χ3v) is 5.64. The zero-order valence-electron chi connectivity index (χ0n) is 17.4. The maximum atomic E-state index is 12.9. The Morgan fingerprint density at radius 1 is 1.00 bits per heavy atom. The molecule has 0 bridgehead atoms. The maximum absolute atomic E-state index is 12.9. The molecule has 2 atom stereocenters. The molecule has 3 aromatic carbocycles. The van der Waals surface area contributed by atoms with Gasteiger partial charge in [0.15, 0.2) is 0 Å². The second kappa shape index (κ2) is 8.20. The molecular formula is C24H24N4O3. The summed E-state index contributed by atoms with van der Waals surface area (Å²) in [6.07, 6.45) is 0. The molecule has 4 rings (SSSR count). The molecule has 1 aliphatic heterocycles. The summed E-state index contributed by atoms with van der Waals surface area (Å²) in [5.41, 5.74) is 2.90. The highest BCUT2D eigenvalue weighted by Gasteiger charge is 2.49. The Kier molecular flexibility index (Phi) is 5.44. The van der Waals surface area contributed by atoms with Crippen molar-refractivity contribution in [2.75, 3.05) is 6.54 Å². The van der Waals surface area contributed by atoms with Crippen LogP contribution in [0.4, 0.5) is 4.79 Å². The van der Waals surface area contributed by atoms with E-state index in [4.69, 9.17) is 0 Å². The van der Waals surface area contributed by atoms with Gasteiger partial charge < -0.3 is 10.6 Å². The van der Waals surface area contributed by atoms with E-state index in [1.165, 1.54) is 0 Å². The number of hydrogen-bond donors (Lipinski definition) is 3. The number of hydrogen-bond acceptors (Lipinski definition) is 4. The average molecular weight is 416 g/mol. The van der Waals surface area contributed by atoms with Gasteiger partial charge in [-0.2, -0.15) is 5.01 Å². The summed E-state index contributed by atoms with van der Waals surface area (Å²) in [7, 11) is 0. The van der Waals surface area contributed by atoms with E-state index < -0.39 is 23.4 Å². The zero-order chi connectivity index (χ0) is 22.0. The maximum Gasteiger partial charge on any atom is 0.344 e. The summed E-state index contributed by atoms with van der Waals surface area (Å²) in [4.78, 5) is 37.8. The van der Waals surface area contributed by atoms with Crippen molar-refractivity contribution in [1.29, 1.82) is 0 Å². The van der Waals surface area contributed by atoms with E-state index >= 15 is 0 Å². The van der Waals surface area contributed by atoms with E-state index in [0.717, 1.165) is 21.3 Å². The van der Waals surface area contributed by atoms with Crippen molar-refractivity contribution < 1.29 is 14.4 Å². The lowest BCUT2D eigenvalue weighted by Crippen LogP contribution is -2.50. The predicted molar refractivity (Wildman–Crippen MR) is 118 cm³/mol. The van der Waals surface area contributed by atoms with Crippen molar-refractivity contribution in [3.05, 3.63) is 83.9 Å².